The van der Waals surface area contributed by atoms with E-state index in [9.17, 15) is 19.5 Å². The molecule has 0 bridgehead atoms. The average molecular weight is 753 g/mol. The van der Waals surface area contributed by atoms with E-state index < -0.39 is 5.60 Å². The molecule has 5 rings (SSSR count). The molecular formula is C43H68N4O5S. The Kier molecular flexibility index (Phi) is 14.8. The standard InChI is InChI=1S/C43H68N4O5S/c1-28-14-18-33(45-39(49)21-24-52-25-23-44-38(48)12-8-7-11-37-40-36(27-53-37)46-41(50)47-40)26-32(28)17-16-31-10-9-22-43(6)34(19-20-35(31)43)29(2)13-15-30(3)42(4,5)51/h13,15-17,29-30,33-37,40,51H,1,7-12,14,18-27H2,2-6H3,(H,44,48)(H,45,49)(H2,46,47,50)/b15-13+,31-16+,32-17-/t29?,30?,33-,34-,35?,36+,37+,40+,43-/m1/s1. The summed E-state index contributed by atoms with van der Waals surface area (Å²) in [6.07, 6.45) is 21.6. The van der Waals surface area contributed by atoms with Crippen molar-refractivity contribution in [3.05, 3.63) is 47.6 Å². The molecule has 9 nitrogen and oxygen atoms in total. The molecule has 5 aliphatic rings. The minimum atomic E-state index is -0.703. The Bertz CT molecular complexity index is 1400. The third-order valence-corrected chi connectivity index (χ3v) is 14.7. The molecule has 5 N–H and O–H groups in total. The molecule has 296 valence electrons. The van der Waals surface area contributed by atoms with Crippen molar-refractivity contribution in [3.63, 3.8) is 0 Å². The number of carbonyl (C=O) groups is 3. The van der Waals surface area contributed by atoms with E-state index in [1.165, 1.54) is 36.8 Å². The number of thioether (sulfide) groups is 1. The number of urea groups is 1. The highest BCUT2D eigenvalue weighted by Gasteiger charge is 2.50. The summed E-state index contributed by atoms with van der Waals surface area (Å²) < 4.78 is 5.67. The van der Waals surface area contributed by atoms with Gasteiger partial charge in [-0.3, -0.25) is 9.59 Å². The number of rotatable bonds is 17. The second-order valence-corrected chi connectivity index (χ2v) is 18.7. The fraction of sp³-hybridized carbons (Fsp3) is 0.744. The Labute approximate surface area is 323 Å². The van der Waals surface area contributed by atoms with E-state index in [1.54, 1.807) is 5.57 Å². The molecular weight excluding hydrogens is 685 g/mol. The molecule has 2 heterocycles. The van der Waals surface area contributed by atoms with Gasteiger partial charge in [-0.1, -0.05) is 69.2 Å². The lowest BCUT2D eigenvalue weighted by molar-refractivity contribution is -0.124. The molecule has 0 spiro atoms. The van der Waals surface area contributed by atoms with Crippen molar-refractivity contribution in [2.24, 2.45) is 29.1 Å². The molecule has 2 saturated heterocycles. The number of hydrogen-bond acceptors (Lipinski definition) is 6. The van der Waals surface area contributed by atoms with Gasteiger partial charge in [0.1, 0.15) is 0 Å². The van der Waals surface area contributed by atoms with Crippen LogP contribution in [0.25, 0.3) is 0 Å². The van der Waals surface area contributed by atoms with Crippen LogP contribution < -0.4 is 21.3 Å². The Morgan fingerprint density at radius 1 is 1.08 bits per heavy atom. The smallest absolute Gasteiger partial charge is 0.315 e. The van der Waals surface area contributed by atoms with Crippen molar-refractivity contribution in [2.45, 2.75) is 147 Å². The van der Waals surface area contributed by atoms with Gasteiger partial charge in [0, 0.05) is 42.3 Å². The van der Waals surface area contributed by atoms with Gasteiger partial charge in [-0.2, -0.15) is 11.8 Å². The summed E-state index contributed by atoms with van der Waals surface area (Å²) in [5, 5.41) is 23.0. The van der Waals surface area contributed by atoms with Gasteiger partial charge in [0.2, 0.25) is 11.8 Å². The van der Waals surface area contributed by atoms with Crippen molar-refractivity contribution >= 4 is 29.6 Å². The summed E-state index contributed by atoms with van der Waals surface area (Å²) in [4.78, 5) is 36.6. The van der Waals surface area contributed by atoms with Crippen molar-refractivity contribution in [2.75, 3.05) is 25.5 Å². The molecule has 4 amide bonds. The highest BCUT2D eigenvalue weighted by Crippen LogP contribution is 2.59. The summed E-state index contributed by atoms with van der Waals surface area (Å²) in [5.41, 5.74) is 3.61. The Morgan fingerprint density at radius 3 is 2.68 bits per heavy atom. The molecule has 10 heteroatoms. The van der Waals surface area contributed by atoms with Crippen molar-refractivity contribution in [3.8, 4) is 0 Å². The van der Waals surface area contributed by atoms with Crippen LogP contribution in [-0.2, 0) is 14.3 Å². The molecule has 2 aliphatic heterocycles. The van der Waals surface area contributed by atoms with Crippen LogP contribution in [0.15, 0.2) is 47.6 Å². The molecule has 3 aliphatic carbocycles. The normalized spacial score (nSPS) is 32.7. The number of ether oxygens (including phenoxy) is 1. The van der Waals surface area contributed by atoms with Gasteiger partial charge >= 0.3 is 6.03 Å². The minimum Gasteiger partial charge on any atom is -0.390 e. The second kappa shape index (κ2) is 18.9. The lowest BCUT2D eigenvalue weighted by atomic mass is 9.61. The van der Waals surface area contributed by atoms with Crippen LogP contribution in [0.4, 0.5) is 4.79 Å². The van der Waals surface area contributed by atoms with Gasteiger partial charge in [0.25, 0.3) is 0 Å². The first kappa shape index (κ1) is 41.6. The van der Waals surface area contributed by atoms with E-state index in [0.717, 1.165) is 50.7 Å². The van der Waals surface area contributed by atoms with E-state index in [-0.39, 0.29) is 41.9 Å². The topological polar surface area (TPSA) is 129 Å². The molecule has 0 aromatic heterocycles. The number of fused-ring (bicyclic) bond motifs is 2. The maximum atomic E-state index is 12.8. The van der Waals surface area contributed by atoms with E-state index in [4.69, 9.17) is 4.74 Å². The molecule has 0 aromatic rings. The molecule has 9 atom stereocenters. The zero-order valence-corrected chi connectivity index (χ0v) is 34.0. The zero-order valence-electron chi connectivity index (χ0n) is 33.1. The van der Waals surface area contributed by atoms with E-state index in [0.29, 0.717) is 61.0 Å². The Hall–Kier alpha value is -2.56. The SMILES string of the molecule is C=C1CC[C@@H](NC(=O)CCOCCNC(=O)CCCC[C@@H]2SC[C@@H]3NC(=O)N[C@@H]32)C/C1=C/C=C1\CCC[C@@]2(C)C1CC[C@@H]2C(C)/C=C/C(C)C(C)(C)O. The van der Waals surface area contributed by atoms with Crippen LogP contribution in [-0.4, -0.2) is 77.4 Å². The maximum absolute atomic E-state index is 12.8. The summed E-state index contributed by atoms with van der Waals surface area (Å²) in [7, 11) is 0. The van der Waals surface area contributed by atoms with Crippen molar-refractivity contribution < 1.29 is 24.2 Å². The van der Waals surface area contributed by atoms with Crippen LogP contribution in [0, 0.1) is 29.1 Å². The van der Waals surface area contributed by atoms with Crippen LogP contribution >= 0.6 is 11.8 Å². The van der Waals surface area contributed by atoms with Crippen LogP contribution in [0.5, 0.6) is 0 Å². The summed E-state index contributed by atoms with van der Waals surface area (Å²) in [6.45, 7) is 16.3. The largest absolute Gasteiger partial charge is 0.390 e. The van der Waals surface area contributed by atoms with Gasteiger partial charge in [-0.15, -0.1) is 0 Å². The predicted molar refractivity (Wildman–Crippen MR) is 215 cm³/mol. The summed E-state index contributed by atoms with van der Waals surface area (Å²) in [5.74, 6) is 2.85. The number of aliphatic hydroxyl groups is 1. The van der Waals surface area contributed by atoms with Gasteiger partial charge in [0.15, 0.2) is 0 Å². The van der Waals surface area contributed by atoms with Crippen LogP contribution in [0.2, 0.25) is 0 Å². The third kappa shape index (κ3) is 11.3. The minimum absolute atomic E-state index is 0.00381. The first-order chi connectivity index (χ1) is 25.2. The summed E-state index contributed by atoms with van der Waals surface area (Å²) in [6, 6.07) is 0.491. The van der Waals surface area contributed by atoms with Crippen LogP contribution in [0.1, 0.15) is 118 Å². The molecule has 0 radical (unpaired) electrons. The van der Waals surface area contributed by atoms with E-state index in [2.05, 4.69) is 72.9 Å². The number of hydrogen-bond donors (Lipinski definition) is 5. The second-order valence-electron chi connectivity index (χ2n) is 17.4. The molecule has 3 unspecified atom stereocenters. The first-order valence-electron chi connectivity index (χ1n) is 20.6. The van der Waals surface area contributed by atoms with Gasteiger partial charge in [-0.25, -0.2) is 4.79 Å². The van der Waals surface area contributed by atoms with Gasteiger partial charge in [-0.05, 0) is 107 Å². The molecule has 0 aromatic carbocycles. The number of unbranched alkanes of at least 4 members (excludes halogenated alkanes) is 1. The summed E-state index contributed by atoms with van der Waals surface area (Å²) >= 11 is 1.90. The fourth-order valence-corrected chi connectivity index (χ4v) is 11.1. The quantitative estimate of drug-likeness (QED) is 0.0612. The average Bonchev–Trinajstić information content (AvgIpc) is 3.78. The van der Waals surface area contributed by atoms with Gasteiger partial charge in [0.05, 0.1) is 30.9 Å². The van der Waals surface area contributed by atoms with Crippen molar-refractivity contribution in [1.29, 1.82) is 0 Å². The predicted octanol–water partition coefficient (Wildman–Crippen LogP) is 7.13. The lowest BCUT2D eigenvalue weighted by Gasteiger charge is -2.44. The highest BCUT2D eigenvalue weighted by molar-refractivity contribution is 8.00. The number of allylic oxidation sites excluding steroid dienone is 5. The number of amides is 4. The van der Waals surface area contributed by atoms with Gasteiger partial charge < -0.3 is 31.1 Å². The first-order valence-corrected chi connectivity index (χ1v) is 21.6. The lowest BCUT2D eigenvalue weighted by Crippen LogP contribution is -2.37. The zero-order chi connectivity index (χ0) is 38.2. The fourth-order valence-electron chi connectivity index (χ4n) is 9.58. The number of nitrogens with one attached hydrogen (secondary N) is 4. The third-order valence-electron chi connectivity index (χ3n) is 13.2. The van der Waals surface area contributed by atoms with Crippen molar-refractivity contribution in [1.82, 2.24) is 21.3 Å². The molecule has 53 heavy (non-hydrogen) atoms. The van der Waals surface area contributed by atoms with E-state index in [1.807, 2.05) is 25.6 Å². The molecule has 5 fully saturated rings. The number of carbonyl (C=O) groups excluding carboxylic acids is 3. The Balaban J connectivity index is 0.974. The molecule has 3 saturated carbocycles. The monoisotopic (exact) mass is 752 g/mol. The highest BCUT2D eigenvalue weighted by atomic mass is 32.2. The maximum Gasteiger partial charge on any atom is 0.315 e. The van der Waals surface area contributed by atoms with Crippen LogP contribution in [0.3, 0.4) is 0 Å². The Morgan fingerprint density at radius 2 is 1.89 bits per heavy atom. The van der Waals surface area contributed by atoms with E-state index >= 15 is 0 Å².